The molecule has 0 saturated carbocycles. The monoisotopic (exact) mass is 524 g/mol. The lowest BCUT2D eigenvalue weighted by atomic mass is 10.0. The fraction of sp³-hybridized carbons (Fsp3) is 0.269. The number of aliphatic hydroxyl groups is 1. The Morgan fingerprint density at radius 1 is 1.22 bits per heavy atom. The second-order valence-electron chi connectivity index (χ2n) is 8.93. The van der Waals surface area contributed by atoms with Crippen molar-refractivity contribution < 1.29 is 19.0 Å². The summed E-state index contributed by atoms with van der Waals surface area (Å²) in [6.45, 7) is 0.689. The Morgan fingerprint density at radius 2 is 2.05 bits per heavy atom. The van der Waals surface area contributed by atoms with Gasteiger partial charge in [-0.25, -0.2) is 9.37 Å². The lowest BCUT2D eigenvalue weighted by Gasteiger charge is -2.36. The topological polar surface area (TPSA) is 97.4 Å². The Bertz CT molecular complexity index is 1450. The van der Waals surface area contributed by atoms with Crippen molar-refractivity contribution in [3.05, 3.63) is 82.6 Å². The van der Waals surface area contributed by atoms with Gasteiger partial charge in [-0.05, 0) is 35.4 Å². The van der Waals surface area contributed by atoms with Gasteiger partial charge in [-0.2, -0.15) is 5.10 Å². The number of hydrogen-bond acceptors (Lipinski definition) is 6. The third-order valence-corrected chi connectivity index (χ3v) is 6.70. The number of ether oxygens (including phenoxy) is 1. The van der Waals surface area contributed by atoms with Crippen LogP contribution < -0.4 is 5.32 Å². The SMILES string of the molecule is COCC1Cn2cc(-c3cc(Nc4ccn(C)n4)ncc3Cl)cc2C(=O)N1Cc1cc(F)ccc1CO. The number of amides is 1. The second kappa shape index (κ2) is 10.3. The van der Waals surface area contributed by atoms with E-state index in [1.807, 2.05) is 36.1 Å². The van der Waals surface area contributed by atoms with E-state index in [1.54, 1.807) is 29.0 Å². The Morgan fingerprint density at radius 3 is 2.78 bits per heavy atom. The van der Waals surface area contributed by atoms with Crippen molar-refractivity contribution in [2.45, 2.75) is 25.7 Å². The Kier molecular flexibility index (Phi) is 6.96. The van der Waals surface area contributed by atoms with E-state index in [-0.39, 0.29) is 25.1 Å². The molecule has 4 heterocycles. The lowest BCUT2D eigenvalue weighted by molar-refractivity contribution is 0.0386. The van der Waals surface area contributed by atoms with Crippen LogP contribution in [0, 0.1) is 5.82 Å². The average Bonchev–Trinajstić information content (AvgIpc) is 3.49. The van der Waals surface area contributed by atoms with E-state index in [0.29, 0.717) is 52.2 Å². The third kappa shape index (κ3) is 5.08. The van der Waals surface area contributed by atoms with Crippen molar-refractivity contribution in [3.63, 3.8) is 0 Å². The van der Waals surface area contributed by atoms with E-state index in [0.717, 1.165) is 5.56 Å². The van der Waals surface area contributed by atoms with Gasteiger partial charge < -0.3 is 24.6 Å². The number of nitrogens with zero attached hydrogens (tertiary/aromatic N) is 5. The van der Waals surface area contributed by atoms with E-state index in [9.17, 15) is 14.3 Å². The molecule has 1 aliphatic rings. The number of benzene rings is 1. The molecule has 37 heavy (non-hydrogen) atoms. The fourth-order valence-electron chi connectivity index (χ4n) is 4.58. The summed E-state index contributed by atoms with van der Waals surface area (Å²) >= 11 is 6.51. The molecule has 192 valence electrons. The molecular weight excluding hydrogens is 499 g/mol. The Hall–Kier alpha value is -3.73. The molecule has 11 heteroatoms. The maximum Gasteiger partial charge on any atom is 0.271 e. The Labute approximate surface area is 218 Å². The average molecular weight is 525 g/mol. The first-order chi connectivity index (χ1) is 17.9. The number of hydrogen-bond donors (Lipinski definition) is 2. The zero-order valence-corrected chi connectivity index (χ0v) is 21.1. The number of carbonyl (C=O) groups is 1. The Balaban J connectivity index is 1.47. The highest BCUT2D eigenvalue weighted by atomic mass is 35.5. The first-order valence-electron chi connectivity index (χ1n) is 11.7. The number of aliphatic hydroxyl groups excluding tert-OH is 1. The third-order valence-electron chi connectivity index (χ3n) is 6.40. The smallest absolute Gasteiger partial charge is 0.271 e. The number of pyridine rings is 1. The molecule has 4 aromatic rings. The molecule has 3 aromatic heterocycles. The second-order valence-corrected chi connectivity index (χ2v) is 9.34. The number of rotatable bonds is 8. The molecule has 0 saturated heterocycles. The predicted molar refractivity (Wildman–Crippen MR) is 137 cm³/mol. The zero-order valence-electron chi connectivity index (χ0n) is 20.4. The van der Waals surface area contributed by atoms with Crippen LogP contribution in [-0.4, -0.2) is 55.0 Å². The van der Waals surface area contributed by atoms with Crippen LogP contribution in [0.5, 0.6) is 0 Å². The fourth-order valence-corrected chi connectivity index (χ4v) is 4.80. The van der Waals surface area contributed by atoms with Crippen molar-refractivity contribution in [3.8, 4) is 11.1 Å². The molecule has 1 amide bonds. The molecule has 0 radical (unpaired) electrons. The summed E-state index contributed by atoms with van der Waals surface area (Å²) in [5.41, 5.74) is 3.09. The summed E-state index contributed by atoms with van der Waals surface area (Å²) in [4.78, 5) is 19.7. The van der Waals surface area contributed by atoms with Crippen molar-refractivity contribution >= 4 is 29.1 Å². The van der Waals surface area contributed by atoms with Crippen LogP contribution in [0.4, 0.5) is 16.0 Å². The molecule has 5 rings (SSSR count). The van der Waals surface area contributed by atoms with Gasteiger partial charge in [0.1, 0.15) is 17.3 Å². The van der Waals surface area contributed by atoms with E-state index >= 15 is 0 Å². The normalized spacial score (nSPS) is 15.2. The van der Waals surface area contributed by atoms with Crippen LogP contribution in [0.1, 0.15) is 21.6 Å². The van der Waals surface area contributed by atoms with Gasteiger partial charge in [0.2, 0.25) is 0 Å². The number of aromatic nitrogens is 4. The molecular formula is C26H26ClFN6O3. The highest BCUT2D eigenvalue weighted by Crippen LogP contribution is 2.34. The summed E-state index contributed by atoms with van der Waals surface area (Å²) in [6, 6.07) is 9.34. The molecule has 0 bridgehead atoms. The van der Waals surface area contributed by atoms with Crippen LogP contribution in [-0.2, 0) is 31.5 Å². The van der Waals surface area contributed by atoms with Gasteiger partial charge in [-0.3, -0.25) is 9.48 Å². The lowest BCUT2D eigenvalue weighted by Crippen LogP contribution is -2.49. The van der Waals surface area contributed by atoms with Gasteiger partial charge in [0.15, 0.2) is 5.82 Å². The summed E-state index contributed by atoms with van der Waals surface area (Å²) in [7, 11) is 3.40. The minimum atomic E-state index is -0.423. The summed E-state index contributed by atoms with van der Waals surface area (Å²) in [6.07, 6.45) is 5.27. The number of halogens is 2. The van der Waals surface area contributed by atoms with E-state index in [1.165, 1.54) is 18.2 Å². The molecule has 0 aliphatic carbocycles. The van der Waals surface area contributed by atoms with Crippen LogP contribution in [0.15, 0.2) is 55.0 Å². The van der Waals surface area contributed by atoms with Crippen molar-refractivity contribution in [1.29, 1.82) is 0 Å². The molecule has 0 spiro atoms. The van der Waals surface area contributed by atoms with Gasteiger partial charge in [-0.1, -0.05) is 17.7 Å². The van der Waals surface area contributed by atoms with Crippen LogP contribution in [0.3, 0.4) is 0 Å². The summed E-state index contributed by atoms with van der Waals surface area (Å²) in [5, 5.41) is 17.6. The highest BCUT2D eigenvalue weighted by molar-refractivity contribution is 6.33. The van der Waals surface area contributed by atoms with E-state index in [4.69, 9.17) is 16.3 Å². The number of anilines is 2. The standard InChI is InChI=1S/C26H26ClFN6O3/c1-32-6-5-24(31-32)30-25-9-21(22(27)10-29-25)18-8-23-26(36)34(20(15-37-2)13-33(23)11-18)12-17-7-19(28)4-3-16(17)14-35/h3-11,20,35H,12-15H2,1-2H3,(H,29,30,31). The molecule has 1 unspecified atom stereocenters. The maximum atomic E-state index is 14.0. The first-order valence-corrected chi connectivity index (χ1v) is 12.0. The molecule has 0 fully saturated rings. The van der Waals surface area contributed by atoms with Crippen LogP contribution >= 0.6 is 11.6 Å². The van der Waals surface area contributed by atoms with Crippen LogP contribution in [0.2, 0.25) is 5.02 Å². The van der Waals surface area contributed by atoms with Gasteiger partial charge >= 0.3 is 0 Å². The van der Waals surface area contributed by atoms with E-state index in [2.05, 4.69) is 15.4 Å². The van der Waals surface area contributed by atoms with Crippen LogP contribution in [0.25, 0.3) is 11.1 Å². The van der Waals surface area contributed by atoms with Crippen molar-refractivity contribution in [2.24, 2.45) is 7.05 Å². The van der Waals surface area contributed by atoms with E-state index < -0.39 is 5.82 Å². The van der Waals surface area contributed by atoms with Gasteiger partial charge in [-0.15, -0.1) is 0 Å². The molecule has 2 N–H and O–H groups in total. The number of aryl methyl sites for hydroxylation is 1. The number of fused-ring (bicyclic) bond motifs is 1. The van der Waals surface area contributed by atoms with Crippen molar-refractivity contribution in [2.75, 3.05) is 19.0 Å². The highest BCUT2D eigenvalue weighted by Gasteiger charge is 2.34. The predicted octanol–water partition coefficient (Wildman–Crippen LogP) is 3.98. The van der Waals surface area contributed by atoms with Gasteiger partial charge in [0.05, 0.1) is 24.3 Å². The largest absolute Gasteiger partial charge is 0.392 e. The first kappa shape index (κ1) is 24.9. The van der Waals surface area contributed by atoms with Gasteiger partial charge in [0, 0.05) is 63.0 Å². The molecule has 1 aliphatic heterocycles. The quantitative estimate of drug-likeness (QED) is 0.362. The summed E-state index contributed by atoms with van der Waals surface area (Å²) < 4.78 is 22.9. The molecule has 1 atom stereocenters. The zero-order chi connectivity index (χ0) is 26.1. The number of carbonyl (C=O) groups excluding carboxylic acids is 1. The van der Waals surface area contributed by atoms with Gasteiger partial charge in [0.25, 0.3) is 5.91 Å². The minimum Gasteiger partial charge on any atom is -0.392 e. The minimum absolute atomic E-state index is 0.148. The summed E-state index contributed by atoms with van der Waals surface area (Å²) in [5.74, 6) is 0.570. The molecule has 9 nitrogen and oxygen atoms in total. The number of methoxy groups -OCH3 is 1. The maximum absolute atomic E-state index is 14.0. The van der Waals surface area contributed by atoms with Crippen molar-refractivity contribution in [1.82, 2.24) is 24.2 Å². The number of nitrogens with one attached hydrogen (secondary N) is 1. The molecule has 1 aromatic carbocycles.